The summed E-state index contributed by atoms with van der Waals surface area (Å²) in [5.41, 5.74) is -0.00727. The zero-order valence-corrected chi connectivity index (χ0v) is 5.88. The van der Waals surface area contributed by atoms with Crippen molar-refractivity contribution in [1.29, 1.82) is 0 Å². The number of rotatable bonds is 1. The molecule has 0 radical (unpaired) electrons. The van der Waals surface area contributed by atoms with Crippen LogP contribution in [0.15, 0.2) is 16.9 Å². The molecule has 58 valence electrons. The van der Waals surface area contributed by atoms with Crippen LogP contribution in [0.3, 0.4) is 0 Å². The molecule has 0 aliphatic heterocycles. The molecule has 0 spiro atoms. The number of carbonyl (C=O) groups is 1. The molecule has 4 nitrogen and oxygen atoms in total. The highest BCUT2D eigenvalue weighted by atomic mass is 16.4. The topological polar surface area (TPSA) is 73.0 Å². The molecule has 1 rings (SSSR count). The Labute approximate surface area is 62.5 Å². The fourth-order valence-corrected chi connectivity index (χ4v) is 0.801. The summed E-state index contributed by atoms with van der Waals surface area (Å²) in [6.07, 6.45) is 0. The van der Waals surface area contributed by atoms with Gasteiger partial charge in [0.25, 0.3) is 0 Å². The molecule has 0 aliphatic rings. The summed E-state index contributed by atoms with van der Waals surface area (Å²) in [4.78, 5) is 23.3. The molecule has 0 aliphatic carbocycles. The molecule has 0 bridgehead atoms. The first-order valence-corrected chi connectivity index (χ1v) is 3.02. The second-order valence-corrected chi connectivity index (χ2v) is 2.20. The lowest BCUT2D eigenvalue weighted by Gasteiger charge is -2.00. The number of carboxylic acids is 1. The molecule has 0 unspecified atom stereocenters. The fraction of sp³-hybridized carbons (Fsp3) is 0.143. The maximum absolute atomic E-state index is 10.7. The molecule has 0 saturated heterocycles. The van der Waals surface area contributed by atoms with Gasteiger partial charge >= 0.3 is 0 Å². The predicted octanol–water partition coefficient (Wildman–Crippen LogP) is -0.953. The maximum atomic E-state index is 10.7. The molecule has 1 heterocycles. The number of aromatic carboxylic acids is 1. The van der Waals surface area contributed by atoms with E-state index in [-0.39, 0.29) is 5.56 Å². The summed E-state index contributed by atoms with van der Waals surface area (Å²) in [6, 6.07) is 2.33. The zero-order chi connectivity index (χ0) is 8.43. The number of aromatic amines is 1. The standard InChI is InChI=1S/C7H7NO3/c1-4-2-5(7(10)11)3-6(9)8-4/h2-3H,1H3,(H,8,9)(H,10,11)/p-1. The van der Waals surface area contributed by atoms with Crippen LogP contribution in [0.25, 0.3) is 0 Å². The second-order valence-electron chi connectivity index (χ2n) is 2.20. The van der Waals surface area contributed by atoms with E-state index >= 15 is 0 Å². The Morgan fingerprint density at radius 3 is 2.64 bits per heavy atom. The second kappa shape index (κ2) is 2.57. The maximum Gasteiger partial charge on any atom is 0.248 e. The molecule has 0 aromatic carbocycles. The smallest absolute Gasteiger partial charge is 0.248 e. The van der Waals surface area contributed by atoms with E-state index < -0.39 is 11.5 Å². The summed E-state index contributed by atoms with van der Waals surface area (Å²) in [5.74, 6) is -1.33. The van der Waals surface area contributed by atoms with Gasteiger partial charge in [0.15, 0.2) is 0 Å². The van der Waals surface area contributed by atoms with Crippen LogP contribution < -0.4 is 10.7 Å². The van der Waals surface area contributed by atoms with Crippen molar-refractivity contribution >= 4 is 5.97 Å². The number of aryl methyl sites for hydroxylation is 1. The SMILES string of the molecule is Cc1cc(C(=O)[O-])cc(=O)[nH]1. The average Bonchev–Trinajstić information content (AvgIpc) is 1.85. The van der Waals surface area contributed by atoms with Crippen LogP contribution in [0.4, 0.5) is 0 Å². The number of carboxylic acid groups (broad SMARTS) is 1. The van der Waals surface area contributed by atoms with Gasteiger partial charge in [-0.3, -0.25) is 4.79 Å². The van der Waals surface area contributed by atoms with Crippen molar-refractivity contribution in [3.63, 3.8) is 0 Å². The quantitative estimate of drug-likeness (QED) is 0.563. The third-order valence-corrected chi connectivity index (χ3v) is 1.21. The van der Waals surface area contributed by atoms with E-state index in [9.17, 15) is 14.7 Å². The van der Waals surface area contributed by atoms with Crippen LogP contribution in [0, 0.1) is 6.92 Å². The lowest BCUT2D eigenvalue weighted by Crippen LogP contribution is -2.24. The molecule has 0 saturated carbocycles. The average molecular weight is 152 g/mol. The van der Waals surface area contributed by atoms with E-state index in [0.29, 0.717) is 5.69 Å². The highest BCUT2D eigenvalue weighted by Crippen LogP contribution is 1.94. The largest absolute Gasteiger partial charge is 0.545 e. The normalized spacial score (nSPS) is 9.55. The summed E-state index contributed by atoms with van der Waals surface area (Å²) in [7, 11) is 0. The number of pyridine rings is 1. The van der Waals surface area contributed by atoms with Gasteiger partial charge in [0.2, 0.25) is 5.56 Å². The first-order valence-electron chi connectivity index (χ1n) is 3.02. The van der Waals surface area contributed by atoms with E-state index in [1.54, 1.807) is 6.92 Å². The third-order valence-electron chi connectivity index (χ3n) is 1.21. The van der Waals surface area contributed by atoms with E-state index in [2.05, 4.69) is 4.98 Å². The first kappa shape index (κ1) is 7.53. The molecule has 1 aromatic rings. The van der Waals surface area contributed by atoms with Crippen molar-refractivity contribution in [2.75, 3.05) is 0 Å². The van der Waals surface area contributed by atoms with Gasteiger partial charge in [0, 0.05) is 17.3 Å². The molecule has 4 heteroatoms. The Kier molecular flexibility index (Phi) is 1.76. The molecule has 1 aromatic heterocycles. The predicted molar refractivity (Wildman–Crippen MR) is 36.1 cm³/mol. The molecule has 11 heavy (non-hydrogen) atoms. The van der Waals surface area contributed by atoms with Crippen LogP contribution in [0.1, 0.15) is 16.1 Å². The minimum absolute atomic E-state index is 0.0914. The molecular formula is C7H6NO3-. The summed E-state index contributed by atoms with van der Waals surface area (Å²) >= 11 is 0. The van der Waals surface area contributed by atoms with Crippen LogP contribution in [-0.4, -0.2) is 11.0 Å². The van der Waals surface area contributed by atoms with E-state index in [1.807, 2.05) is 0 Å². The van der Waals surface area contributed by atoms with Crippen molar-refractivity contribution in [2.45, 2.75) is 6.92 Å². The molecule has 0 amide bonds. The van der Waals surface area contributed by atoms with Crippen LogP contribution in [-0.2, 0) is 0 Å². The van der Waals surface area contributed by atoms with Gasteiger partial charge in [-0.25, -0.2) is 0 Å². The summed E-state index contributed by atoms with van der Waals surface area (Å²) in [6.45, 7) is 1.60. The lowest BCUT2D eigenvalue weighted by molar-refractivity contribution is -0.255. The highest BCUT2D eigenvalue weighted by molar-refractivity contribution is 5.85. The zero-order valence-electron chi connectivity index (χ0n) is 5.88. The minimum atomic E-state index is -1.33. The minimum Gasteiger partial charge on any atom is -0.545 e. The van der Waals surface area contributed by atoms with Gasteiger partial charge in [0.1, 0.15) is 0 Å². The Morgan fingerprint density at radius 1 is 1.55 bits per heavy atom. The van der Waals surface area contributed by atoms with Crippen LogP contribution in [0.2, 0.25) is 0 Å². The van der Waals surface area contributed by atoms with Crippen molar-refractivity contribution < 1.29 is 9.90 Å². The highest BCUT2D eigenvalue weighted by Gasteiger charge is 1.95. The van der Waals surface area contributed by atoms with Crippen molar-refractivity contribution in [2.24, 2.45) is 0 Å². The van der Waals surface area contributed by atoms with Crippen molar-refractivity contribution in [3.8, 4) is 0 Å². The molecule has 0 atom stereocenters. The Hall–Kier alpha value is -1.58. The van der Waals surface area contributed by atoms with Crippen molar-refractivity contribution in [3.05, 3.63) is 33.7 Å². The monoisotopic (exact) mass is 152 g/mol. The molecule has 0 fully saturated rings. The number of nitrogens with one attached hydrogen (secondary N) is 1. The summed E-state index contributed by atoms with van der Waals surface area (Å²) < 4.78 is 0. The number of hydrogen-bond donors (Lipinski definition) is 1. The number of carbonyl (C=O) groups excluding carboxylic acids is 1. The third kappa shape index (κ3) is 1.67. The van der Waals surface area contributed by atoms with E-state index in [4.69, 9.17) is 0 Å². The van der Waals surface area contributed by atoms with Gasteiger partial charge < -0.3 is 14.9 Å². The summed E-state index contributed by atoms with van der Waals surface area (Å²) in [5, 5.41) is 10.2. The molecular weight excluding hydrogens is 146 g/mol. The number of hydrogen-bond acceptors (Lipinski definition) is 3. The van der Waals surface area contributed by atoms with E-state index in [1.165, 1.54) is 6.07 Å². The number of H-pyrrole nitrogens is 1. The van der Waals surface area contributed by atoms with E-state index in [0.717, 1.165) is 6.07 Å². The Bertz CT molecular complexity index is 340. The lowest BCUT2D eigenvalue weighted by atomic mass is 10.2. The van der Waals surface area contributed by atoms with Crippen LogP contribution in [0.5, 0.6) is 0 Å². The fourth-order valence-electron chi connectivity index (χ4n) is 0.801. The van der Waals surface area contributed by atoms with Gasteiger partial charge in [-0.15, -0.1) is 0 Å². The van der Waals surface area contributed by atoms with Gasteiger partial charge in [-0.2, -0.15) is 0 Å². The van der Waals surface area contributed by atoms with Gasteiger partial charge in [-0.1, -0.05) is 0 Å². The Balaban J connectivity index is 3.30. The first-order chi connectivity index (χ1) is 5.09. The number of aromatic nitrogens is 1. The van der Waals surface area contributed by atoms with Gasteiger partial charge in [-0.05, 0) is 13.0 Å². The van der Waals surface area contributed by atoms with Gasteiger partial charge in [0.05, 0.1) is 5.97 Å². The van der Waals surface area contributed by atoms with Crippen molar-refractivity contribution in [1.82, 2.24) is 4.98 Å². The molecule has 1 N–H and O–H groups in total. The van der Waals surface area contributed by atoms with Crippen LogP contribution >= 0.6 is 0 Å². The Morgan fingerprint density at radius 2 is 2.18 bits per heavy atom.